The Labute approximate surface area is 113 Å². The zero-order chi connectivity index (χ0) is 13.9. The van der Waals surface area contributed by atoms with Crippen LogP contribution in [0.15, 0.2) is 59.8 Å². The van der Waals surface area contributed by atoms with E-state index < -0.39 is 5.91 Å². The Morgan fingerprint density at radius 3 is 2.80 bits per heavy atom. The normalized spacial score (nSPS) is 10.4. The van der Waals surface area contributed by atoms with Gasteiger partial charge in [0.1, 0.15) is 12.1 Å². The summed E-state index contributed by atoms with van der Waals surface area (Å²) in [6.07, 6.45) is 5.95. The Morgan fingerprint density at radius 2 is 2.10 bits per heavy atom. The van der Waals surface area contributed by atoms with Crippen LogP contribution in [0.1, 0.15) is 10.5 Å². The van der Waals surface area contributed by atoms with E-state index in [2.05, 4.69) is 10.3 Å². The highest BCUT2D eigenvalue weighted by Crippen LogP contribution is 2.22. The number of hydrogen-bond acceptors (Lipinski definition) is 3. The minimum absolute atomic E-state index is 0.160. The standard InChI is InChI=1S/C14H10FN3O2/c15-10-3-4-11(13(7-10)18-5-1-2-6-18)17-14(19)12-8-20-9-16-12/h1-9H,(H,17,19). The van der Waals surface area contributed by atoms with Gasteiger partial charge in [0.05, 0.1) is 11.4 Å². The van der Waals surface area contributed by atoms with E-state index in [4.69, 9.17) is 4.42 Å². The molecule has 5 nitrogen and oxygen atoms in total. The van der Waals surface area contributed by atoms with Crippen molar-refractivity contribution in [1.29, 1.82) is 0 Å². The first kappa shape index (κ1) is 12.2. The van der Waals surface area contributed by atoms with Gasteiger partial charge >= 0.3 is 0 Å². The van der Waals surface area contributed by atoms with Gasteiger partial charge in [-0.05, 0) is 30.3 Å². The molecule has 0 aliphatic heterocycles. The van der Waals surface area contributed by atoms with Crippen LogP contribution < -0.4 is 5.32 Å². The van der Waals surface area contributed by atoms with E-state index in [1.54, 1.807) is 17.0 Å². The molecule has 1 amide bonds. The molecule has 1 N–H and O–H groups in total. The molecule has 0 saturated heterocycles. The molecule has 0 spiro atoms. The van der Waals surface area contributed by atoms with Crippen molar-refractivity contribution in [2.75, 3.05) is 5.32 Å². The predicted octanol–water partition coefficient (Wildman–Crippen LogP) is 2.86. The SMILES string of the molecule is O=C(Nc1ccc(F)cc1-n1cccc1)c1cocn1. The summed E-state index contributed by atoms with van der Waals surface area (Å²) in [6.45, 7) is 0. The number of carbonyl (C=O) groups is 1. The Hall–Kier alpha value is -2.89. The summed E-state index contributed by atoms with van der Waals surface area (Å²) >= 11 is 0. The zero-order valence-corrected chi connectivity index (χ0v) is 10.3. The number of nitrogens with zero attached hydrogens (tertiary/aromatic N) is 2. The molecule has 0 aliphatic carbocycles. The van der Waals surface area contributed by atoms with E-state index >= 15 is 0 Å². The van der Waals surface area contributed by atoms with E-state index in [1.165, 1.54) is 30.9 Å². The Morgan fingerprint density at radius 1 is 1.30 bits per heavy atom. The number of halogens is 1. The van der Waals surface area contributed by atoms with Crippen molar-refractivity contribution < 1.29 is 13.6 Å². The third kappa shape index (κ3) is 2.31. The van der Waals surface area contributed by atoms with Crippen LogP contribution in [-0.4, -0.2) is 15.5 Å². The van der Waals surface area contributed by atoms with Gasteiger partial charge in [-0.25, -0.2) is 9.37 Å². The lowest BCUT2D eigenvalue weighted by Gasteiger charge is -2.11. The van der Waals surface area contributed by atoms with Crippen LogP contribution in [0.5, 0.6) is 0 Å². The van der Waals surface area contributed by atoms with Crippen molar-refractivity contribution in [3.05, 3.63) is 66.9 Å². The summed E-state index contributed by atoms with van der Waals surface area (Å²) in [5, 5.41) is 2.68. The number of anilines is 1. The molecular weight excluding hydrogens is 261 g/mol. The summed E-state index contributed by atoms with van der Waals surface area (Å²) in [6, 6.07) is 7.76. The van der Waals surface area contributed by atoms with Crippen molar-refractivity contribution >= 4 is 11.6 Å². The minimum Gasteiger partial charge on any atom is -0.451 e. The van der Waals surface area contributed by atoms with Crippen LogP contribution in [-0.2, 0) is 0 Å². The maximum absolute atomic E-state index is 13.4. The predicted molar refractivity (Wildman–Crippen MR) is 70.2 cm³/mol. The van der Waals surface area contributed by atoms with Crippen LogP contribution in [0.2, 0.25) is 0 Å². The van der Waals surface area contributed by atoms with Gasteiger partial charge < -0.3 is 14.3 Å². The fourth-order valence-corrected chi connectivity index (χ4v) is 1.83. The van der Waals surface area contributed by atoms with Crippen LogP contribution in [0, 0.1) is 5.82 Å². The second kappa shape index (κ2) is 5.00. The summed E-state index contributed by atoms with van der Waals surface area (Å²) in [5.74, 6) is -0.799. The first-order chi connectivity index (χ1) is 9.74. The third-order valence-electron chi connectivity index (χ3n) is 2.76. The van der Waals surface area contributed by atoms with Gasteiger partial charge in [-0.15, -0.1) is 0 Å². The molecule has 0 saturated carbocycles. The monoisotopic (exact) mass is 271 g/mol. The molecule has 0 atom stereocenters. The molecule has 2 aromatic heterocycles. The molecule has 6 heteroatoms. The third-order valence-corrected chi connectivity index (χ3v) is 2.76. The van der Waals surface area contributed by atoms with E-state index in [0.29, 0.717) is 11.4 Å². The quantitative estimate of drug-likeness (QED) is 0.796. The summed E-state index contributed by atoms with van der Waals surface area (Å²) in [7, 11) is 0. The molecule has 3 aromatic rings. The zero-order valence-electron chi connectivity index (χ0n) is 10.3. The molecule has 20 heavy (non-hydrogen) atoms. The molecule has 0 radical (unpaired) electrons. The van der Waals surface area contributed by atoms with Crippen LogP contribution in [0.3, 0.4) is 0 Å². The summed E-state index contributed by atoms with van der Waals surface area (Å²) < 4.78 is 19.9. The second-order valence-electron chi connectivity index (χ2n) is 4.08. The van der Waals surface area contributed by atoms with E-state index in [0.717, 1.165) is 0 Å². The first-order valence-corrected chi connectivity index (χ1v) is 5.86. The van der Waals surface area contributed by atoms with Crippen molar-refractivity contribution in [1.82, 2.24) is 9.55 Å². The van der Waals surface area contributed by atoms with Gasteiger partial charge in [0.25, 0.3) is 5.91 Å². The Kier molecular flexibility index (Phi) is 3.04. The Bertz CT molecular complexity index is 721. The van der Waals surface area contributed by atoms with Gasteiger partial charge in [-0.3, -0.25) is 4.79 Å². The summed E-state index contributed by atoms with van der Waals surface area (Å²) in [4.78, 5) is 15.7. The fraction of sp³-hybridized carbons (Fsp3) is 0. The maximum atomic E-state index is 13.4. The van der Waals surface area contributed by atoms with Gasteiger partial charge in [-0.1, -0.05) is 0 Å². The van der Waals surface area contributed by atoms with Gasteiger partial charge in [0.2, 0.25) is 0 Å². The molecule has 0 bridgehead atoms. The largest absolute Gasteiger partial charge is 0.451 e. The fourth-order valence-electron chi connectivity index (χ4n) is 1.83. The van der Waals surface area contributed by atoms with Gasteiger partial charge in [0.15, 0.2) is 12.1 Å². The minimum atomic E-state index is -0.418. The van der Waals surface area contributed by atoms with Crippen molar-refractivity contribution in [2.45, 2.75) is 0 Å². The molecule has 100 valence electrons. The number of aromatic nitrogens is 2. The maximum Gasteiger partial charge on any atom is 0.277 e. The highest BCUT2D eigenvalue weighted by molar-refractivity contribution is 6.03. The number of oxazole rings is 1. The van der Waals surface area contributed by atoms with E-state index in [-0.39, 0.29) is 11.5 Å². The van der Waals surface area contributed by atoms with Gasteiger partial charge in [-0.2, -0.15) is 0 Å². The topological polar surface area (TPSA) is 60.1 Å². The molecule has 0 aliphatic rings. The molecule has 0 unspecified atom stereocenters. The average Bonchev–Trinajstić information content (AvgIpc) is 3.13. The molecule has 1 aromatic carbocycles. The molecule has 0 fully saturated rings. The smallest absolute Gasteiger partial charge is 0.277 e. The lowest BCUT2D eigenvalue weighted by molar-refractivity contribution is 0.102. The Balaban J connectivity index is 1.96. The molecule has 3 rings (SSSR count). The van der Waals surface area contributed by atoms with Crippen molar-refractivity contribution in [3.8, 4) is 5.69 Å². The number of rotatable bonds is 3. The average molecular weight is 271 g/mol. The highest BCUT2D eigenvalue weighted by atomic mass is 19.1. The number of benzene rings is 1. The number of amides is 1. The number of hydrogen-bond donors (Lipinski definition) is 1. The lowest BCUT2D eigenvalue weighted by atomic mass is 10.2. The highest BCUT2D eigenvalue weighted by Gasteiger charge is 2.12. The number of carbonyl (C=O) groups excluding carboxylic acids is 1. The second-order valence-corrected chi connectivity index (χ2v) is 4.08. The van der Waals surface area contributed by atoms with Crippen LogP contribution in [0.25, 0.3) is 5.69 Å². The first-order valence-electron chi connectivity index (χ1n) is 5.86. The van der Waals surface area contributed by atoms with E-state index in [9.17, 15) is 9.18 Å². The molecule has 2 heterocycles. The van der Waals surface area contributed by atoms with Crippen LogP contribution in [0.4, 0.5) is 10.1 Å². The number of nitrogens with one attached hydrogen (secondary N) is 1. The summed E-state index contributed by atoms with van der Waals surface area (Å²) in [5.41, 5.74) is 1.18. The lowest BCUT2D eigenvalue weighted by Crippen LogP contribution is -2.14. The van der Waals surface area contributed by atoms with Gasteiger partial charge in [0, 0.05) is 12.4 Å². The van der Waals surface area contributed by atoms with Crippen molar-refractivity contribution in [2.24, 2.45) is 0 Å². The van der Waals surface area contributed by atoms with Crippen molar-refractivity contribution in [3.63, 3.8) is 0 Å². The van der Waals surface area contributed by atoms with E-state index in [1.807, 2.05) is 12.1 Å². The molecular formula is C14H10FN3O2. The van der Waals surface area contributed by atoms with Crippen LogP contribution >= 0.6 is 0 Å².